The molecule has 9 heteroatoms. The summed E-state index contributed by atoms with van der Waals surface area (Å²) in [6.45, 7) is 1.64. The quantitative estimate of drug-likeness (QED) is 0.742. The summed E-state index contributed by atoms with van der Waals surface area (Å²) in [5, 5.41) is 4.12. The molecule has 1 aliphatic rings. The fourth-order valence-electron chi connectivity index (χ4n) is 2.80. The van der Waals surface area contributed by atoms with Crippen molar-refractivity contribution in [1.82, 2.24) is 15.5 Å². The predicted molar refractivity (Wildman–Crippen MR) is 86.8 cm³/mol. The van der Waals surface area contributed by atoms with E-state index in [4.69, 9.17) is 0 Å². The van der Waals surface area contributed by atoms with E-state index in [0.29, 0.717) is 0 Å². The summed E-state index contributed by atoms with van der Waals surface area (Å²) in [5.41, 5.74) is 0.955. The lowest BCUT2D eigenvalue weighted by atomic mass is 10.1. The Labute approximate surface area is 148 Å². The lowest BCUT2D eigenvalue weighted by molar-refractivity contribution is -0.173. The number of likely N-dealkylation sites (tertiary alicyclic amines) is 1. The summed E-state index contributed by atoms with van der Waals surface area (Å²) in [6, 6.07) is 9.23. The van der Waals surface area contributed by atoms with Gasteiger partial charge in [-0.1, -0.05) is 30.3 Å². The SMILES string of the molecule is CC(c1ccccc1)N1CC(C(=O)NCCNC(=O)C(F)(F)F)CC1=O. The van der Waals surface area contributed by atoms with Crippen molar-refractivity contribution in [3.63, 3.8) is 0 Å². The van der Waals surface area contributed by atoms with Gasteiger partial charge in [0.25, 0.3) is 0 Å². The number of benzene rings is 1. The molecule has 2 unspecified atom stereocenters. The summed E-state index contributed by atoms with van der Waals surface area (Å²) in [7, 11) is 0. The van der Waals surface area contributed by atoms with Crippen LogP contribution in [0.15, 0.2) is 30.3 Å². The highest BCUT2D eigenvalue weighted by atomic mass is 19.4. The average Bonchev–Trinajstić information content (AvgIpc) is 2.99. The summed E-state index contributed by atoms with van der Waals surface area (Å²) in [6.07, 6.45) is -4.89. The molecule has 0 aliphatic carbocycles. The zero-order valence-electron chi connectivity index (χ0n) is 14.2. The van der Waals surface area contributed by atoms with E-state index in [2.05, 4.69) is 5.32 Å². The van der Waals surface area contributed by atoms with Crippen LogP contribution in [0.5, 0.6) is 0 Å². The topological polar surface area (TPSA) is 78.5 Å². The van der Waals surface area contributed by atoms with Crippen LogP contribution >= 0.6 is 0 Å². The van der Waals surface area contributed by atoms with Crippen LogP contribution in [-0.4, -0.2) is 48.4 Å². The molecule has 2 rings (SSSR count). The standard InChI is InChI=1S/C17H20F3N3O3/c1-11(12-5-3-2-4-6-12)23-10-13(9-14(23)24)15(25)21-7-8-22-16(26)17(18,19)20/h2-6,11,13H,7-10H2,1H3,(H,21,25)(H,22,26). The predicted octanol–water partition coefficient (Wildman–Crippen LogP) is 1.39. The van der Waals surface area contributed by atoms with Crippen LogP contribution in [0.2, 0.25) is 0 Å². The number of rotatable bonds is 6. The Bertz CT molecular complexity index is 664. The zero-order valence-corrected chi connectivity index (χ0v) is 14.2. The first kappa shape index (κ1) is 19.7. The van der Waals surface area contributed by atoms with E-state index in [1.54, 1.807) is 10.2 Å². The third-order valence-corrected chi connectivity index (χ3v) is 4.25. The summed E-state index contributed by atoms with van der Waals surface area (Å²) in [4.78, 5) is 36.6. The number of nitrogens with zero attached hydrogens (tertiary/aromatic N) is 1. The van der Waals surface area contributed by atoms with Gasteiger partial charge in [0.1, 0.15) is 0 Å². The molecule has 142 valence electrons. The Kier molecular flexibility index (Phi) is 6.23. The normalized spacial score (nSPS) is 18.5. The van der Waals surface area contributed by atoms with E-state index >= 15 is 0 Å². The monoisotopic (exact) mass is 371 g/mol. The second kappa shape index (κ2) is 8.20. The van der Waals surface area contributed by atoms with Crippen molar-refractivity contribution in [3.8, 4) is 0 Å². The molecule has 1 aromatic rings. The first-order chi connectivity index (χ1) is 12.2. The molecular weight excluding hydrogens is 351 g/mol. The largest absolute Gasteiger partial charge is 0.471 e. The summed E-state index contributed by atoms with van der Waals surface area (Å²) in [5.74, 6) is -3.17. The van der Waals surface area contributed by atoms with Crippen molar-refractivity contribution >= 4 is 17.7 Å². The van der Waals surface area contributed by atoms with Gasteiger partial charge >= 0.3 is 12.1 Å². The van der Waals surface area contributed by atoms with Crippen LogP contribution in [0.4, 0.5) is 13.2 Å². The molecule has 1 aliphatic heterocycles. The fourth-order valence-corrected chi connectivity index (χ4v) is 2.80. The minimum Gasteiger partial charge on any atom is -0.354 e. The molecule has 6 nitrogen and oxygen atoms in total. The van der Waals surface area contributed by atoms with Gasteiger partial charge in [-0.25, -0.2) is 0 Å². The number of carbonyl (C=O) groups excluding carboxylic acids is 3. The summed E-state index contributed by atoms with van der Waals surface area (Å²) >= 11 is 0. The number of alkyl halides is 3. The van der Waals surface area contributed by atoms with Crippen LogP contribution in [-0.2, 0) is 14.4 Å². The smallest absolute Gasteiger partial charge is 0.354 e. The van der Waals surface area contributed by atoms with Crippen molar-refractivity contribution in [1.29, 1.82) is 0 Å². The van der Waals surface area contributed by atoms with Gasteiger partial charge in [-0.05, 0) is 12.5 Å². The fraction of sp³-hybridized carbons (Fsp3) is 0.471. The van der Waals surface area contributed by atoms with E-state index in [-0.39, 0.29) is 38.0 Å². The molecule has 0 aromatic heterocycles. The second-order valence-electron chi connectivity index (χ2n) is 6.08. The van der Waals surface area contributed by atoms with Gasteiger partial charge in [-0.2, -0.15) is 13.2 Å². The molecular formula is C17H20F3N3O3. The lowest BCUT2D eigenvalue weighted by Crippen LogP contribution is -2.42. The van der Waals surface area contributed by atoms with Crippen molar-refractivity contribution in [2.24, 2.45) is 5.92 Å². The maximum absolute atomic E-state index is 12.2. The van der Waals surface area contributed by atoms with E-state index in [0.717, 1.165) is 5.56 Å². The number of halogens is 3. The number of carbonyl (C=O) groups is 3. The van der Waals surface area contributed by atoms with E-state index in [9.17, 15) is 27.6 Å². The minimum atomic E-state index is -4.95. The van der Waals surface area contributed by atoms with Crippen LogP contribution in [0.1, 0.15) is 24.9 Å². The number of amides is 3. The third-order valence-electron chi connectivity index (χ3n) is 4.25. The highest BCUT2D eigenvalue weighted by Gasteiger charge is 2.39. The Morgan fingerprint density at radius 3 is 2.42 bits per heavy atom. The third kappa shape index (κ3) is 4.96. The average molecular weight is 371 g/mol. The first-order valence-electron chi connectivity index (χ1n) is 8.17. The Balaban J connectivity index is 1.80. The lowest BCUT2D eigenvalue weighted by Gasteiger charge is -2.25. The van der Waals surface area contributed by atoms with Crippen molar-refractivity contribution in [3.05, 3.63) is 35.9 Å². The van der Waals surface area contributed by atoms with E-state index < -0.39 is 23.9 Å². The second-order valence-corrected chi connectivity index (χ2v) is 6.08. The molecule has 3 amide bonds. The Morgan fingerprint density at radius 1 is 1.19 bits per heavy atom. The van der Waals surface area contributed by atoms with Crippen LogP contribution in [0, 0.1) is 5.92 Å². The van der Waals surface area contributed by atoms with Gasteiger partial charge < -0.3 is 15.5 Å². The van der Waals surface area contributed by atoms with E-state index in [1.165, 1.54) is 0 Å². The van der Waals surface area contributed by atoms with Gasteiger partial charge in [-0.15, -0.1) is 0 Å². The summed E-state index contributed by atoms with van der Waals surface area (Å²) < 4.78 is 36.1. The van der Waals surface area contributed by atoms with Crippen molar-refractivity contribution < 1.29 is 27.6 Å². The molecule has 1 saturated heterocycles. The Hall–Kier alpha value is -2.58. The molecule has 26 heavy (non-hydrogen) atoms. The molecule has 1 heterocycles. The molecule has 2 N–H and O–H groups in total. The minimum absolute atomic E-state index is 0.0535. The highest BCUT2D eigenvalue weighted by Crippen LogP contribution is 2.28. The van der Waals surface area contributed by atoms with E-state index in [1.807, 2.05) is 37.3 Å². The first-order valence-corrected chi connectivity index (χ1v) is 8.17. The molecule has 2 atom stereocenters. The maximum atomic E-state index is 12.2. The molecule has 0 bridgehead atoms. The van der Waals surface area contributed by atoms with Gasteiger partial charge in [-0.3, -0.25) is 14.4 Å². The van der Waals surface area contributed by atoms with Crippen LogP contribution in [0.25, 0.3) is 0 Å². The molecule has 1 fully saturated rings. The molecule has 0 spiro atoms. The Morgan fingerprint density at radius 2 is 1.81 bits per heavy atom. The van der Waals surface area contributed by atoms with Gasteiger partial charge in [0.2, 0.25) is 11.8 Å². The number of hydrogen-bond donors (Lipinski definition) is 2. The maximum Gasteiger partial charge on any atom is 0.471 e. The van der Waals surface area contributed by atoms with Gasteiger partial charge in [0.15, 0.2) is 0 Å². The number of nitrogens with one attached hydrogen (secondary N) is 2. The van der Waals surface area contributed by atoms with Crippen LogP contribution < -0.4 is 10.6 Å². The molecule has 0 saturated carbocycles. The van der Waals surface area contributed by atoms with Gasteiger partial charge in [0.05, 0.1) is 12.0 Å². The highest BCUT2D eigenvalue weighted by molar-refractivity contribution is 5.89. The molecule has 0 radical (unpaired) electrons. The van der Waals surface area contributed by atoms with Crippen LogP contribution in [0.3, 0.4) is 0 Å². The van der Waals surface area contributed by atoms with Crippen molar-refractivity contribution in [2.75, 3.05) is 19.6 Å². The van der Waals surface area contributed by atoms with Gasteiger partial charge in [0, 0.05) is 26.1 Å². The van der Waals surface area contributed by atoms with Crippen molar-refractivity contribution in [2.45, 2.75) is 25.6 Å². The molecule has 1 aromatic carbocycles. The zero-order chi connectivity index (χ0) is 19.3. The number of hydrogen-bond acceptors (Lipinski definition) is 3.